The molecule has 1 aromatic heterocycles. The summed E-state index contributed by atoms with van der Waals surface area (Å²) in [6.07, 6.45) is 0. The molecule has 0 saturated carbocycles. The van der Waals surface area contributed by atoms with Gasteiger partial charge in [0.05, 0.1) is 11.2 Å². The van der Waals surface area contributed by atoms with Gasteiger partial charge >= 0.3 is 0 Å². The molecule has 0 radical (unpaired) electrons. The monoisotopic (exact) mass is 295 g/mol. The van der Waals surface area contributed by atoms with E-state index in [4.69, 9.17) is 4.98 Å². The molecule has 110 valence electrons. The Balaban J connectivity index is 2.02. The van der Waals surface area contributed by atoms with Crippen molar-refractivity contribution in [1.82, 2.24) is 4.98 Å². The van der Waals surface area contributed by atoms with Gasteiger partial charge in [0.25, 0.3) is 0 Å². The Hall–Kier alpha value is -2.67. The van der Waals surface area contributed by atoms with Crippen molar-refractivity contribution in [2.75, 3.05) is 0 Å². The normalized spacial score (nSPS) is 14.9. The summed E-state index contributed by atoms with van der Waals surface area (Å²) in [6.45, 7) is 4.62. The first-order chi connectivity index (χ1) is 11.2. The standard InChI is InChI=1S/C22H17N/c1-22(2)17-11-6-9-14-8-5-10-16(20(14)17)21-18(22)13-15-7-3-4-12-19(15)23-21/h3-13H,1-2H3. The first kappa shape index (κ1) is 12.8. The van der Waals surface area contributed by atoms with Crippen LogP contribution in [0.25, 0.3) is 32.9 Å². The summed E-state index contributed by atoms with van der Waals surface area (Å²) in [5.74, 6) is 0. The zero-order valence-corrected chi connectivity index (χ0v) is 13.3. The van der Waals surface area contributed by atoms with Crippen molar-refractivity contribution in [2.24, 2.45) is 0 Å². The number of rotatable bonds is 0. The van der Waals surface area contributed by atoms with Crippen LogP contribution < -0.4 is 0 Å². The first-order valence-electron chi connectivity index (χ1n) is 8.09. The van der Waals surface area contributed by atoms with Crippen LogP contribution in [0.5, 0.6) is 0 Å². The van der Waals surface area contributed by atoms with Gasteiger partial charge in [0.1, 0.15) is 0 Å². The summed E-state index contributed by atoms with van der Waals surface area (Å²) in [5, 5.41) is 3.87. The molecule has 23 heavy (non-hydrogen) atoms. The second-order valence-electron chi connectivity index (χ2n) is 6.91. The number of hydrogen-bond donors (Lipinski definition) is 0. The average Bonchev–Trinajstić information content (AvgIpc) is 2.58. The van der Waals surface area contributed by atoms with Crippen molar-refractivity contribution in [3.8, 4) is 11.3 Å². The fourth-order valence-corrected chi connectivity index (χ4v) is 4.00. The molecule has 0 fully saturated rings. The number of nitrogens with zero attached hydrogens (tertiary/aromatic N) is 1. The third kappa shape index (κ3) is 1.60. The van der Waals surface area contributed by atoms with Crippen LogP contribution in [0.3, 0.4) is 0 Å². The predicted octanol–water partition coefficient (Wildman–Crippen LogP) is 5.69. The van der Waals surface area contributed by atoms with Crippen LogP contribution >= 0.6 is 0 Å². The van der Waals surface area contributed by atoms with Crippen molar-refractivity contribution in [3.05, 3.63) is 77.9 Å². The summed E-state index contributed by atoms with van der Waals surface area (Å²) in [6, 6.07) is 23.9. The van der Waals surface area contributed by atoms with Crippen LogP contribution in [0.15, 0.2) is 66.7 Å². The van der Waals surface area contributed by atoms with Crippen molar-refractivity contribution in [3.63, 3.8) is 0 Å². The highest BCUT2D eigenvalue weighted by Gasteiger charge is 2.34. The molecule has 1 aliphatic carbocycles. The highest BCUT2D eigenvalue weighted by molar-refractivity contribution is 6.03. The van der Waals surface area contributed by atoms with Gasteiger partial charge in [-0.2, -0.15) is 0 Å². The Morgan fingerprint density at radius 2 is 1.48 bits per heavy atom. The summed E-state index contributed by atoms with van der Waals surface area (Å²) in [4.78, 5) is 5.04. The topological polar surface area (TPSA) is 12.9 Å². The fourth-order valence-electron chi connectivity index (χ4n) is 4.00. The Morgan fingerprint density at radius 1 is 0.739 bits per heavy atom. The van der Waals surface area contributed by atoms with Gasteiger partial charge in [-0.3, -0.25) is 0 Å². The average molecular weight is 295 g/mol. The third-order valence-corrected chi connectivity index (χ3v) is 5.23. The molecule has 1 heterocycles. The van der Waals surface area contributed by atoms with E-state index in [-0.39, 0.29) is 5.41 Å². The van der Waals surface area contributed by atoms with E-state index in [0.29, 0.717) is 0 Å². The smallest absolute Gasteiger partial charge is 0.0756 e. The van der Waals surface area contributed by atoms with Crippen LogP contribution in [0, 0.1) is 0 Å². The number of hydrogen-bond acceptors (Lipinski definition) is 1. The zero-order valence-electron chi connectivity index (χ0n) is 13.3. The second kappa shape index (κ2) is 4.20. The molecule has 0 aliphatic heterocycles. The molecule has 0 spiro atoms. The van der Waals surface area contributed by atoms with Gasteiger partial charge in [0.2, 0.25) is 0 Å². The molecule has 1 aliphatic rings. The lowest BCUT2D eigenvalue weighted by Gasteiger charge is -2.34. The molecule has 0 unspecified atom stereocenters. The minimum Gasteiger partial charge on any atom is -0.247 e. The summed E-state index contributed by atoms with van der Waals surface area (Å²) >= 11 is 0. The molecule has 0 amide bonds. The quantitative estimate of drug-likeness (QED) is 0.406. The van der Waals surface area contributed by atoms with E-state index in [9.17, 15) is 0 Å². The molecule has 5 rings (SSSR count). The van der Waals surface area contributed by atoms with Crippen molar-refractivity contribution in [2.45, 2.75) is 19.3 Å². The van der Waals surface area contributed by atoms with E-state index in [0.717, 1.165) is 11.2 Å². The molecule has 0 N–H and O–H groups in total. The largest absolute Gasteiger partial charge is 0.247 e. The number of fused-ring (bicyclic) bond motifs is 3. The lowest BCUT2D eigenvalue weighted by atomic mass is 9.70. The van der Waals surface area contributed by atoms with Crippen LogP contribution in [0.2, 0.25) is 0 Å². The number of para-hydroxylation sites is 1. The predicted molar refractivity (Wildman–Crippen MR) is 96.8 cm³/mol. The van der Waals surface area contributed by atoms with Gasteiger partial charge in [-0.15, -0.1) is 0 Å². The van der Waals surface area contributed by atoms with Crippen LogP contribution in [-0.2, 0) is 5.41 Å². The lowest BCUT2D eigenvalue weighted by Crippen LogP contribution is -2.24. The van der Waals surface area contributed by atoms with E-state index >= 15 is 0 Å². The minimum atomic E-state index is -0.0414. The summed E-state index contributed by atoms with van der Waals surface area (Å²) < 4.78 is 0. The molecule has 0 atom stereocenters. The first-order valence-corrected chi connectivity index (χ1v) is 8.09. The molecule has 0 saturated heterocycles. The molecular weight excluding hydrogens is 278 g/mol. The Labute approximate surface area is 135 Å². The minimum absolute atomic E-state index is 0.0414. The van der Waals surface area contributed by atoms with Gasteiger partial charge in [-0.05, 0) is 34.0 Å². The maximum atomic E-state index is 5.04. The van der Waals surface area contributed by atoms with Gasteiger partial charge in [0, 0.05) is 16.4 Å². The van der Waals surface area contributed by atoms with E-state index in [1.807, 2.05) is 0 Å². The van der Waals surface area contributed by atoms with Crippen LogP contribution in [0.1, 0.15) is 25.0 Å². The SMILES string of the molecule is CC1(C)c2cc3ccccc3nc2-c2cccc3cccc1c23. The Bertz CT molecular complexity index is 1080. The molecule has 0 bridgehead atoms. The van der Waals surface area contributed by atoms with E-state index < -0.39 is 0 Å². The third-order valence-electron chi connectivity index (χ3n) is 5.23. The molecule has 1 heteroatoms. The van der Waals surface area contributed by atoms with Gasteiger partial charge in [0.15, 0.2) is 0 Å². The Morgan fingerprint density at radius 3 is 2.35 bits per heavy atom. The summed E-state index contributed by atoms with van der Waals surface area (Å²) in [7, 11) is 0. The lowest BCUT2D eigenvalue weighted by molar-refractivity contribution is 0.643. The fraction of sp³-hybridized carbons (Fsp3) is 0.136. The van der Waals surface area contributed by atoms with Crippen molar-refractivity contribution in [1.29, 1.82) is 0 Å². The van der Waals surface area contributed by atoms with Crippen LogP contribution in [-0.4, -0.2) is 4.98 Å². The van der Waals surface area contributed by atoms with Crippen molar-refractivity contribution < 1.29 is 0 Å². The van der Waals surface area contributed by atoms with Gasteiger partial charge < -0.3 is 0 Å². The summed E-state index contributed by atoms with van der Waals surface area (Å²) in [5.41, 5.74) is 6.15. The number of aromatic nitrogens is 1. The Kier molecular flexibility index (Phi) is 2.34. The molecule has 4 aromatic rings. The molecular formula is C22H17N. The zero-order chi connectivity index (χ0) is 15.6. The number of benzene rings is 3. The van der Waals surface area contributed by atoms with Crippen LogP contribution in [0.4, 0.5) is 0 Å². The van der Waals surface area contributed by atoms with E-state index in [1.165, 1.54) is 32.8 Å². The molecule has 3 aromatic carbocycles. The maximum Gasteiger partial charge on any atom is 0.0756 e. The van der Waals surface area contributed by atoms with Crippen molar-refractivity contribution >= 4 is 21.7 Å². The highest BCUT2D eigenvalue weighted by Crippen LogP contribution is 2.48. The highest BCUT2D eigenvalue weighted by atomic mass is 14.7. The number of pyridine rings is 1. The molecule has 1 nitrogen and oxygen atoms in total. The van der Waals surface area contributed by atoms with Gasteiger partial charge in [-0.1, -0.05) is 68.4 Å². The van der Waals surface area contributed by atoms with E-state index in [1.54, 1.807) is 0 Å². The van der Waals surface area contributed by atoms with Gasteiger partial charge in [-0.25, -0.2) is 4.98 Å². The van der Waals surface area contributed by atoms with E-state index in [2.05, 4.69) is 80.6 Å². The second-order valence-corrected chi connectivity index (χ2v) is 6.91. The maximum absolute atomic E-state index is 5.04.